The molecule has 0 spiro atoms. The van der Waals surface area contributed by atoms with Gasteiger partial charge in [-0.25, -0.2) is 17.5 Å². The highest BCUT2D eigenvalue weighted by molar-refractivity contribution is 7.89. The van der Waals surface area contributed by atoms with Gasteiger partial charge in [0.2, 0.25) is 0 Å². The van der Waals surface area contributed by atoms with Crippen LogP contribution in [0.2, 0.25) is 0 Å². The van der Waals surface area contributed by atoms with Gasteiger partial charge in [-0.3, -0.25) is 14.5 Å². The van der Waals surface area contributed by atoms with E-state index in [2.05, 4.69) is 15.2 Å². The van der Waals surface area contributed by atoms with Crippen LogP contribution in [0.25, 0.3) is 11.8 Å². The van der Waals surface area contributed by atoms with Gasteiger partial charge in [-0.15, -0.1) is 0 Å². The molecule has 0 radical (unpaired) electrons. The summed E-state index contributed by atoms with van der Waals surface area (Å²) in [5.41, 5.74) is 3.95. The van der Waals surface area contributed by atoms with Gasteiger partial charge in [-0.1, -0.05) is 11.6 Å². The number of carbonyl (C=O) groups is 1. The number of nitrogens with zero attached hydrogens (tertiary/aromatic N) is 6. The maximum Gasteiger partial charge on any atom is 0.262 e. The summed E-state index contributed by atoms with van der Waals surface area (Å²) >= 11 is 0. The average Bonchev–Trinajstić information content (AvgIpc) is 3.63. The van der Waals surface area contributed by atoms with E-state index in [0.717, 1.165) is 40.9 Å². The Morgan fingerprint density at radius 3 is 2.52 bits per heavy atom. The van der Waals surface area contributed by atoms with E-state index < -0.39 is 21.5 Å². The Balaban J connectivity index is 1.28. The van der Waals surface area contributed by atoms with E-state index in [0.29, 0.717) is 37.3 Å². The van der Waals surface area contributed by atoms with Crippen LogP contribution in [-0.2, 0) is 23.5 Å². The molecule has 0 saturated heterocycles. The molecule has 9 nitrogen and oxygen atoms in total. The van der Waals surface area contributed by atoms with Crippen LogP contribution >= 0.6 is 0 Å². The van der Waals surface area contributed by atoms with Gasteiger partial charge >= 0.3 is 0 Å². The minimum atomic E-state index is -3.87. The van der Waals surface area contributed by atoms with Gasteiger partial charge in [0.15, 0.2) is 10.8 Å². The number of sulfonamides is 1. The first-order valence-electron chi connectivity index (χ1n) is 14.2. The smallest absolute Gasteiger partial charge is 0.262 e. The molecule has 42 heavy (non-hydrogen) atoms. The minimum absolute atomic E-state index is 0.0157. The van der Waals surface area contributed by atoms with Crippen LogP contribution in [0.5, 0.6) is 0 Å². The maximum absolute atomic E-state index is 14.5. The molecule has 3 aliphatic carbocycles. The molecule has 0 unspecified atom stereocenters. The number of allylic oxidation sites excluding steroid dienone is 1. The van der Waals surface area contributed by atoms with Crippen molar-refractivity contribution in [2.24, 2.45) is 12.5 Å². The average molecular weight is 587 g/mol. The van der Waals surface area contributed by atoms with Crippen LogP contribution in [0.1, 0.15) is 65.3 Å². The van der Waals surface area contributed by atoms with Crippen molar-refractivity contribution < 1.29 is 17.6 Å². The largest absolute Gasteiger partial charge is 0.291 e. The molecule has 3 heterocycles. The van der Waals surface area contributed by atoms with Crippen molar-refractivity contribution >= 4 is 21.9 Å². The fourth-order valence-corrected chi connectivity index (χ4v) is 7.83. The zero-order valence-corrected chi connectivity index (χ0v) is 24.3. The van der Waals surface area contributed by atoms with Crippen molar-refractivity contribution in [2.45, 2.75) is 55.5 Å². The van der Waals surface area contributed by atoms with E-state index in [1.165, 1.54) is 27.2 Å². The van der Waals surface area contributed by atoms with Crippen molar-refractivity contribution in [2.75, 3.05) is 7.05 Å². The predicted octanol–water partition coefficient (Wildman–Crippen LogP) is 4.70. The summed E-state index contributed by atoms with van der Waals surface area (Å²) in [4.78, 5) is 19.1. The fourth-order valence-electron chi connectivity index (χ4n) is 6.50. The van der Waals surface area contributed by atoms with Crippen LogP contribution in [0.4, 0.5) is 4.39 Å². The van der Waals surface area contributed by atoms with E-state index in [9.17, 15) is 17.6 Å². The molecular weight excluding hydrogens is 555 g/mol. The fraction of sp³-hybridized carbons (Fsp3) is 0.355. The summed E-state index contributed by atoms with van der Waals surface area (Å²) in [7, 11) is -0.616. The normalized spacial score (nSPS) is 22.0. The van der Waals surface area contributed by atoms with E-state index in [1.54, 1.807) is 43.3 Å². The summed E-state index contributed by atoms with van der Waals surface area (Å²) in [6.45, 7) is 0. The van der Waals surface area contributed by atoms with Gasteiger partial charge < -0.3 is 0 Å². The molecule has 0 bridgehead atoms. The molecule has 3 aromatic heterocycles. The van der Waals surface area contributed by atoms with Crippen molar-refractivity contribution in [3.63, 3.8) is 0 Å². The van der Waals surface area contributed by atoms with Crippen LogP contribution < -0.4 is 0 Å². The topological polar surface area (TPSA) is 103 Å². The minimum Gasteiger partial charge on any atom is -0.291 e. The number of benzene rings is 1. The number of aryl methyl sites for hydroxylation is 1. The number of aromatic nitrogens is 5. The Bertz CT molecular complexity index is 1820. The third-order valence-corrected chi connectivity index (χ3v) is 10.9. The molecule has 216 valence electrons. The number of hydrogen-bond acceptors (Lipinski definition) is 6. The van der Waals surface area contributed by atoms with Crippen molar-refractivity contribution in [3.8, 4) is 5.69 Å². The summed E-state index contributed by atoms with van der Waals surface area (Å²) < 4.78 is 45.3. The quantitative estimate of drug-likeness (QED) is 0.291. The summed E-state index contributed by atoms with van der Waals surface area (Å²) in [5, 5.41) is 8.72. The number of pyridine rings is 1. The Hall–Kier alpha value is -3.96. The Kier molecular flexibility index (Phi) is 6.28. The van der Waals surface area contributed by atoms with Gasteiger partial charge in [-0.05, 0) is 98.0 Å². The van der Waals surface area contributed by atoms with E-state index in [1.807, 2.05) is 24.4 Å². The van der Waals surface area contributed by atoms with Crippen molar-refractivity contribution in [3.05, 3.63) is 95.0 Å². The predicted molar refractivity (Wildman–Crippen MR) is 154 cm³/mol. The lowest BCUT2D eigenvalue weighted by Crippen LogP contribution is -2.49. The van der Waals surface area contributed by atoms with E-state index >= 15 is 0 Å². The van der Waals surface area contributed by atoms with Crippen LogP contribution in [-0.4, -0.2) is 56.1 Å². The van der Waals surface area contributed by atoms with Gasteiger partial charge in [0.1, 0.15) is 11.5 Å². The second kappa shape index (κ2) is 9.81. The lowest BCUT2D eigenvalue weighted by atomic mass is 9.60. The van der Waals surface area contributed by atoms with Gasteiger partial charge in [0.25, 0.3) is 10.0 Å². The molecule has 11 heteroatoms. The Morgan fingerprint density at radius 2 is 1.86 bits per heavy atom. The number of ketones is 1. The summed E-state index contributed by atoms with van der Waals surface area (Å²) in [6.07, 6.45) is 11.2. The lowest BCUT2D eigenvalue weighted by molar-refractivity contribution is 0.0747. The number of fused-ring (bicyclic) bond motifs is 2. The maximum atomic E-state index is 14.5. The molecule has 4 aromatic rings. The number of hydrogen-bond donors (Lipinski definition) is 0. The van der Waals surface area contributed by atoms with Crippen LogP contribution in [0.15, 0.2) is 71.7 Å². The standard InChI is InChI=1S/C31H31FN6O3S/c1-36-14-13-29(35-36)42(40,41)37(2)26-9-6-23-15-28-22(19-34-38(28)25-10-7-24(32)8-11-25)16-31(23,17-26)30(39)27-12-5-21(18-33-27)20-3-4-20/h5,7-8,10-15,18-20,26H,3-4,6,9,16-17H2,1-2H3/t26-,31-/m0/s1. The molecular formula is C31H31FN6O3S. The zero-order valence-electron chi connectivity index (χ0n) is 23.4. The van der Waals surface area contributed by atoms with Crippen molar-refractivity contribution in [1.82, 2.24) is 28.9 Å². The van der Waals surface area contributed by atoms with Gasteiger partial charge in [0, 0.05) is 32.5 Å². The molecule has 1 aromatic carbocycles. The third kappa shape index (κ3) is 4.42. The number of Topliss-reactive ketones (excluding diaryl/α,β-unsaturated/α-hetero) is 1. The molecule has 2 atom stereocenters. The monoisotopic (exact) mass is 586 g/mol. The molecule has 0 aliphatic heterocycles. The first-order valence-corrected chi connectivity index (χ1v) is 15.6. The zero-order chi connectivity index (χ0) is 29.2. The highest BCUT2D eigenvalue weighted by Gasteiger charge is 2.51. The van der Waals surface area contributed by atoms with Crippen LogP contribution in [0.3, 0.4) is 0 Å². The highest BCUT2D eigenvalue weighted by atomic mass is 32.2. The molecule has 0 N–H and O–H groups in total. The van der Waals surface area contributed by atoms with Gasteiger partial charge in [-0.2, -0.15) is 14.5 Å². The third-order valence-electron chi connectivity index (χ3n) is 9.06. The molecule has 2 saturated carbocycles. The van der Waals surface area contributed by atoms with E-state index in [4.69, 9.17) is 0 Å². The molecule has 0 amide bonds. The number of halogens is 1. The number of rotatable bonds is 7. The Morgan fingerprint density at radius 1 is 1.07 bits per heavy atom. The first-order chi connectivity index (χ1) is 20.2. The molecule has 3 aliphatic rings. The van der Waals surface area contributed by atoms with Crippen LogP contribution in [0, 0.1) is 11.2 Å². The van der Waals surface area contributed by atoms with E-state index in [-0.39, 0.29) is 16.6 Å². The lowest BCUT2D eigenvalue weighted by Gasteiger charge is -2.45. The SMILES string of the molecule is CN([C@H]1CCC2=Cc3c(cnn3-c3ccc(F)cc3)C[C@]2(C(=O)c2ccc(C3CC3)cn2)C1)S(=O)(=O)c1ccn(C)n1. The second-order valence-electron chi connectivity index (χ2n) is 11.7. The summed E-state index contributed by atoms with van der Waals surface area (Å²) in [5.74, 6) is 0.0879. The number of carbonyl (C=O) groups excluding carboxylic acids is 1. The summed E-state index contributed by atoms with van der Waals surface area (Å²) in [6, 6.07) is 11.0. The molecule has 2 fully saturated rings. The van der Waals surface area contributed by atoms with Gasteiger partial charge in [0.05, 0.1) is 23.0 Å². The second-order valence-corrected chi connectivity index (χ2v) is 13.6. The Labute approximate surface area is 243 Å². The van der Waals surface area contributed by atoms with Crippen molar-refractivity contribution in [1.29, 1.82) is 0 Å². The highest BCUT2D eigenvalue weighted by Crippen LogP contribution is 2.51. The first kappa shape index (κ1) is 26.9. The molecule has 7 rings (SSSR count).